The number of carbonyl (C=O) groups is 2. The predicted molar refractivity (Wildman–Crippen MR) is 23.9 cm³/mol. The Hall–Kier alpha value is 1.13. The van der Waals surface area contributed by atoms with Crippen molar-refractivity contribution in [1.82, 2.24) is 0 Å². The second-order valence-electron chi connectivity index (χ2n) is 0.869. The summed E-state index contributed by atoms with van der Waals surface area (Å²) in [6.07, 6.45) is 0. The molecule has 0 aliphatic heterocycles. The normalized spacial score (nSPS) is 7.12. The first-order valence-corrected chi connectivity index (χ1v) is 2.16. The van der Waals surface area contributed by atoms with Crippen LogP contribution in [0.3, 0.4) is 0 Å². The third-order valence-corrected chi connectivity index (χ3v) is 0.658. The molecule has 0 aliphatic rings. The van der Waals surface area contributed by atoms with E-state index in [2.05, 4.69) is 12.6 Å². The number of thiol groups is 1. The van der Waals surface area contributed by atoms with Crippen molar-refractivity contribution < 1.29 is 66.1 Å². The zero-order chi connectivity index (χ0) is 5.86. The molecule has 0 rings (SSSR count). The Morgan fingerprint density at radius 2 is 1.88 bits per heavy atom. The van der Waals surface area contributed by atoms with Gasteiger partial charge in [0, 0.05) is 0 Å². The van der Waals surface area contributed by atoms with Crippen LogP contribution in [0.15, 0.2) is 0 Å². The number of carboxylic acid groups (broad SMARTS) is 1. The second-order valence-corrected chi connectivity index (χ2v) is 1.18. The zero-order valence-corrected chi connectivity index (χ0v) is 8.40. The number of carbonyl (C=O) groups excluding carboxylic acids is 2. The summed E-state index contributed by atoms with van der Waals surface area (Å²) in [5, 5.41) is 9.42. The van der Waals surface area contributed by atoms with Crippen molar-refractivity contribution in [3.63, 3.8) is 0 Å². The number of hydrogen-bond acceptors (Lipinski definition) is 4. The van der Waals surface area contributed by atoms with Crippen LogP contribution >= 0.6 is 12.6 Å². The van der Waals surface area contributed by atoms with Gasteiger partial charge in [0.25, 0.3) is 0 Å². The number of carboxylic acids is 1. The molecule has 0 saturated heterocycles. The summed E-state index contributed by atoms with van der Waals surface area (Å²) >= 11 is 3.38. The summed E-state index contributed by atoms with van der Waals surface area (Å²) in [5.74, 6) is -2.94. The maximum absolute atomic E-state index is 9.77. The van der Waals surface area contributed by atoms with Gasteiger partial charge in [0.15, 0.2) is 5.78 Å². The molecule has 40 valence electrons. The Morgan fingerprint density at radius 3 is 1.88 bits per heavy atom. The molecule has 0 unspecified atom stereocenters. The van der Waals surface area contributed by atoms with Gasteiger partial charge < -0.3 is 9.90 Å². The Balaban J connectivity index is 0. The Morgan fingerprint density at radius 1 is 1.50 bits per heavy atom. The smallest absolute Gasteiger partial charge is 0.542 e. The van der Waals surface area contributed by atoms with Gasteiger partial charge >= 0.3 is 51.4 Å². The zero-order valence-electron chi connectivity index (χ0n) is 4.38. The monoisotopic (exact) mass is 158 g/mol. The molecule has 0 fully saturated rings. The number of ketones is 1. The summed E-state index contributed by atoms with van der Waals surface area (Å²) in [4.78, 5) is 19.2. The van der Waals surface area contributed by atoms with E-state index in [0.717, 1.165) is 0 Å². The van der Waals surface area contributed by atoms with Gasteiger partial charge in [-0.15, -0.1) is 0 Å². The van der Waals surface area contributed by atoms with Gasteiger partial charge in [-0.2, -0.15) is 12.6 Å². The molecule has 5 heteroatoms. The van der Waals surface area contributed by atoms with Crippen LogP contribution in [0.25, 0.3) is 0 Å². The topological polar surface area (TPSA) is 57.2 Å². The van der Waals surface area contributed by atoms with Gasteiger partial charge in [-0.25, -0.2) is 0 Å². The third-order valence-electron chi connectivity index (χ3n) is 0.371. The van der Waals surface area contributed by atoms with Crippen molar-refractivity contribution in [3.05, 3.63) is 0 Å². The molecule has 8 heavy (non-hydrogen) atoms. The van der Waals surface area contributed by atoms with Crippen LogP contribution in [0.4, 0.5) is 0 Å². The Bertz CT molecular complexity index is 103. The van der Waals surface area contributed by atoms with E-state index in [9.17, 15) is 14.7 Å². The minimum Gasteiger partial charge on any atom is -0.542 e. The molecule has 0 aromatic rings. The third kappa shape index (κ3) is 5.27. The summed E-state index contributed by atoms with van der Waals surface area (Å²) < 4.78 is 0. The van der Waals surface area contributed by atoms with Crippen LogP contribution in [0.5, 0.6) is 0 Å². The van der Waals surface area contributed by atoms with Gasteiger partial charge in [-0.1, -0.05) is 0 Å². The average molecular weight is 158 g/mol. The molecule has 0 N–H and O–H groups in total. The number of hydrogen-bond donors (Lipinski definition) is 1. The van der Waals surface area contributed by atoms with E-state index in [1.54, 1.807) is 0 Å². The van der Waals surface area contributed by atoms with Crippen molar-refractivity contribution in [3.8, 4) is 0 Å². The maximum atomic E-state index is 9.77. The van der Waals surface area contributed by atoms with Gasteiger partial charge in [0.2, 0.25) is 0 Å². The molecular weight excluding hydrogens is 155 g/mol. The van der Waals surface area contributed by atoms with E-state index in [0.29, 0.717) is 0 Å². The van der Waals surface area contributed by atoms with E-state index in [-0.39, 0.29) is 57.1 Å². The number of rotatable bonds is 2. The fourth-order valence-electron chi connectivity index (χ4n) is 0.0645. The van der Waals surface area contributed by atoms with Crippen molar-refractivity contribution in [2.45, 2.75) is 0 Å². The second kappa shape index (κ2) is 6.25. The Kier molecular flexibility index (Phi) is 9.27. The number of aliphatic carboxylic acids is 1. The van der Waals surface area contributed by atoms with Crippen LogP contribution in [0, 0.1) is 0 Å². The maximum Gasteiger partial charge on any atom is 1.00 e. The minimum atomic E-state index is -1.67. The first kappa shape index (κ1) is 11.9. The van der Waals surface area contributed by atoms with Crippen LogP contribution in [-0.2, 0) is 9.59 Å². The van der Waals surface area contributed by atoms with Crippen LogP contribution in [-0.4, -0.2) is 17.5 Å². The van der Waals surface area contributed by atoms with E-state index < -0.39 is 11.8 Å². The first-order chi connectivity index (χ1) is 3.18. The molecule has 0 bridgehead atoms. The number of Topliss-reactive ketones (excluding diaryl/α,β-unsaturated/α-hetero) is 1. The fourth-order valence-corrected chi connectivity index (χ4v) is 0.194. The average Bonchev–Trinajstić information content (AvgIpc) is 1.65. The quantitative estimate of drug-likeness (QED) is 0.249. The molecule has 0 aromatic heterocycles. The van der Waals surface area contributed by atoms with Crippen molar-refractivity contribution in [2.75, 3.05) is 5.75 Å². The summed E-state index contributed by atoms with van der Waals surface area (Å²) in [6, 6.07) is 0. The van der Waals surface area contributed by atoms with Crippen molar-refractivity contribution >= 4 is 24.4 Å². The van der Waals surface area contributed by atoms with E-state index in [4.69, 9.17) is 0 Å². The van der Waals surface area contributed by atoms with E-state index in [1.807, 2.05) is 0 Å². The molecular formula is C3H3KO3S. The van der Waals surface area contributed by atoms with Gasteiger partial charge in [0.05, 0.1) is 5.75 Å². The van der Waals surface area contributed by atoms with Gasteiger partial charge in [-0.05, 0) is 0 Å². The minimum absolute atomic E-state index is 0. The SMILES string of the molecule is O=C([O-])C(=O)CS.[K+]. The fraction of sp³-hybridized carbons (Fsp3) is 0.333. The summed E-state index contributed by atoms with van der Waals surface area (Å²) in [5.41, 5.74) is 0. The van der Waals surface area contributed by atoms with Crippen LogP contribution in [0.2, 0.25) is 0 Å². The summed E-state index contributed by atoms with van der Waals surface area (Å²) in [6.45, 7) is 0. The summed E-state index contributed by atoms with van der Waals surface area (Å²) in [7, 11) is 0. The van der Waals surface area contributed by atoms with E-state index in [1.165, 1.54) is 0 Å². The molecule has 0 spiro atoms. The molecule has 0 heterocycles. The predicted octanol–water partition coefficient (Wildman–Crippen LogP) is -4.76. The molecule has 0 radical (unpaired) electrons. The molecule has 0 atom stereocenters. The molecule has 3 nitrogen and oxygen atoms in total. The van der Waals surface area contributed by atoms with Crippen molar-refractivity contribution in [1.29, 1.82) is 0 Å². The Labute approximate surface area is 94.7 Å². The largest absolute Gasteiger partial charge is 1.00 e. The van der Waals surface area contributed by atoms with Crippen LogP contribution in [0.1, 0.15) is 0 Å². The standard InChI is InChI=1S/C3H4O3S.K/c4-2(1-7)3(5)6;/h7H,1H2,(H,5,6);/q;+1/p-1. The van der Waals surface area contributed by atoms with Crippen LogP contribution < -0.4 is 56.5 Å². The van der Waals surface area contributed by atoms with Gasteiger partial charge in [-0.3, -0.25) is 4.79 Å². The molecule has 0 amide bonds. The van der Waals surface area contributed by atoms with E-state index >= 15 is 0 Å². The molecule has 0 saturated carbocycles. The first-order valence-electron chi connectivity index (χ1n) is 1.53. The molecule has 0 aromatic carbocycles. The van der Waals surface area contributed by atoms with Crippen molar-refractivity contribution in [2.24, 2.45) is 0 Å². The van der Waals surface area contributed by atoms with Gasteiger partial charge in [0.1, 0.15) is 5.97 Å². The molecule has 0 aliphatic carbocycles.